The molecule has 0 aromatic heterocycles. The highest BCUT2D eigenvalue weighted by Gasteiger charge is 2.06. The van der Waals surface area contributed by atoms with E-state index in [1.54, 1.807) is 6.07 Å². The number of nitrogen functional groups attached to an aromatic ring is 2. The number of amides is 1. The molecule has 0 bridgehead atoms. The topological polar surface area (TPSA) is 81.1 Å². The Morgan fingerprint density at radius 1 is 0.792 bits per heavy atom. The van der Waals surface area contributed by atoms with Crippen molar-refractivity contribution in [2.24, 2.45) is 0 Å². The van der Waals surface area contributed by atoms with E-state index in [2.05, 4.69) is 5.32 Å². The Kier molecular flexibility index (Phi) is 4.47. The number of nitrogens with one attached hydrogen (secondary N) is 1. The lowest BCUT2D eigenvalue weighted by Crippen LogP contribution is -2.22. The summed E-state index contributed by atoms with van der Waals surface area (Å²) in [4.78, 5) is 12.2. The minimum atomic E-state index is -0.0952. The number of carbonyl (C=O) groups excluding carboxylic acids is 1. The van der Waals surface area contributed by atoms with Gasteiger partial charge in [0.15, 0.2) is 0 Å². The molecule has 24 heavy (non-hydrogen) atoms. The van der Waals surface area contributed by atoms with Gasteiger partial charge in [0.25, 0.3) is 5.91 Å². The number of hydrogen-bond donors (Lipinski definition) is 3. The predicted octanol–water partition coefficient (Wildman–Crippen LogP) is 3.45. The zero-order valence-corrected chi connectivity index (χ0v) is 13.2. The van der Waals surface area contributed by atoms with E-state index in [9.17, 15) is 4.79 Å². The second kappa shape index (κ2) is 6.87. The average molecular weight is 317 g/mol. The molecule has 1 amide bonds. The summed E-state index contributed by atoms with van der Waals surface area (Å²) in [5.74, 6) is -0.0952. The van der Waals surface area contributed by atoms with Crippen molar-refractivity contribution in [3.05, 3.63) is 83.9 Å². The van der Waals surface area contributed by atoms with Crippen molar-refractivity contribution in [3.63, 3.8) is 0 Å². The largest absolute Gasteiger partial charge is 0.397 e. The Bertz CT molecular complexity index is 843. The quantitative estimate of drug-likeness (QED) is 0.645. The van der Waals surface area contributed by atoms with E-state index in [-0.39, 0.29) is 5.91 Å². The molecular formula is C20H19N3O. The lowest BCUT2D eigenvalue weighted by molar-refractivity contribution is 0.0951. The number of nitrogens with two attached hydrogens (primary N) is 2. The first kappa shape index (κ1) is 15.6. The number of anilines is 2. The van der Waals surface area contributed by atoms with E-state index >= 15 is 0 Å². The molecule has 0 unspecified atom stereocenters. The molecule has 5 N–H and O–H groups in total. The number of carbonyl (C=O) groups is 1. The molecule has 0 saturated carbocycles. The first-order chi connectivity index (χ1) is 11.6. The van der Waals surface area contributed by atoms with Crippen molar-refractivity contribution in [3.8, 4) is 11.1 Å². The van der Waals surface area contributed by atoms with Crippen LogP contribution in [-0.4, -0.2) is 5.91 Å². The number of hydrogen-bond acceptors (Lipinski definition) is 3. The van der Waals surface area contributed by atoms with Gasteiger partial charge in [0.05, 0.1) is 11.4 Å². The Morgan fingerprint density at radius 2 is 1.46 bits per heavy atom. The van der Waals surface area contributed by atoms with Gasteiger partial charge in [-0.15, -0.1) is 0 Å². The Morgan fingerprint density at radius 3 is 2.12 bits per heavy atom. The molecule has 4 nitrogen and oxygen atoms in total. The summed E-state index contributed by atoms with van der Waals surface area (Å²) in [5, 5.41) is 2.92. The summed E-state index contributed by atoms with van der Waals surface area (Å²) in [6, 6.07) is 22.8. The van der Waals surface area contributed by atoms with Gasteiger partial charge in [-0.3, -0.25) is 4.79 Å². The molecule has 4 heteroatoms. The fourth-order valence-corrected chi connectivity index (χ4v) is 2.45. The van der Waals surface area contributed by atoms with Gasteiger partial charge >= 0.3 is 0 Å². The molecular weight excluding hydrogens is 298 g/mol. The van der Waals surface area contributed by atoms with E-state index < -0.39 is 0 Å². The van der Waals surface area contributed by atoms with E-state index in [0.29, 0.717) is 23.5 Å². The van der Waals surface area contributed by atoms with Crippen LogP contribution in [0.1, 0.15) is 15.9 Å². The minimum Gasteiger partial charge on any atom is -0.397 e. The summed E-state index contributed by atoms with van der Waals surface area (Å²) < 4.78 is 0. The van der Waals surface area contributed by atoms with Crippen molar-refractivity contribution in [2.45, 2.75) is 6.54 Å². The highest BCUT2D eigenvalue weighted by molar-refractivity contribution is 5.94. The fourth-order valence-electron chi connectivity index (χ4n) is 2.45. The Hall–Kier alpha value is -3.27. The van der Waals surface area contributed by atoms with Crippen LogP contribution in [0, 0.1) is 0 Å². The monoisotopic (exact) mass is 317 g/mol. The molecule has 3 aromatic rings. The van der Waals surface area contributed by atoms with Crippen LogP contribution >= 0.6 is 0 Å². The summed E-state index contributed by atoms with van der Waals surface area (Å²) in [5.41, 5.74) is 16.3. The highest BCUT2D eigenvalue weighted by atomic mass is 16.1. The van der Waals surface area contributed by atoms with Gasteiger partial charge in [-0.05, 0) is 41.0 Å². The Balaban J connectivity index is 1.69. The number of rotatable bonds is 4. The van der Waals surface area contributed by atoms with Crippen LogP contribution in [0.4, 0.5) is 11.4 Å². The van der Waals surface area contributed by atoms with Crippen LogP contribution in [0.3, 0.4) is 0 Å². The van der Waals surface area contributed by atoms with Crippen LogP contribution in [-0.2, 0) is 6.54 Å². The van der Waals surface area contributed by atoms with E-state index in [0.717, 1.165) is 16.7 Å². The van der Waals surface area contributed by atoms with Gasteiger partial charge in [0, 0.05) is 12.1 Å². The predicted molar refractivity (Wildman–Crippen MR) is 98.3 cm³/mol. The van der Waals surface area contributed by atoms with Gasteiger partial charge in [-0.25, -0.2) is 0 Å². The molecule has 3 aromatic carbocycles. The van der Waals surface area contributed by atoms with Crippen molar-refractivity contribution in [1.29, 1.82) is 0 Å². The van der Waals surface area contributed by atoms with E-state index in [1.165, 1.54) is 0 Å². The highest BCUT2D eigenvalue weighted by Crippen LogP contribution is 2.25. The minimum absolute atomic E-state index is 0.0952. The summed E-state index contributed by atoms with van der Waals surface area (Å²) in [6.07, 6.45) is 0. The second-order valence-corrected chi connectivity index (χ2v) is 5.59. The van der Waals surface area contributed by atoms with Crippen LogP contribution in [0.25, 0.3) is 11.1 Å². The molecule has 0 fully saturated rings. The summed E-state index contributed by atoms with van der Waals surface area (Å²) in [6.45, 7) is 0.510. The first-order valence-electron chi connectivity index (χ1n) is 7.71. The van der Waals surface area contributed by atoms with Crippen molar-refractivity contribution in [1.82, 2.24) is 5.32 Å². The number of benzene rings is 3. The zero-order valence-electron chi connectivity index (χ0n) is 13.2. The second-order valence-electron chi connectivity index (χ2n) is 5.59. The molecule has 0 aliphatic rings. The van der Waals surface area contributed by atoms with Gasteiger partial charge in [0.2, 0.25) is 0 Å². The molecule has 0 aliphatic carbocycles. The van der Waals surface area contributed by atoms with Crippen LogP contribution in [0.2, 0.25) is 0 Å². The standard InChI is InChI=1S/C20H19N3O/c21-18-11-10-17(12-19(18)22)15-6-8-16(9-7-15)20(24)23-13-14-4-2-1-3-5-14/h1-12H,13,21-22H2,(H,23,24). The van der Waals surface area contributed by atoms with Crippen LogP contribution in [0.5, 0.6) is 0 Å². The molecule has 3 rings (SSSR count). The van der Waals surface area contributed by atoms with Crippen LogP contribution in [0.15, 0.2) is 72.8 Å². The van der Waals surface area contributed by atoms with E-state index in [4.69, 9.17) is 11.5 Å². The lowest BCUT2D eigenvalue weighted by Gasteiger charge is -2.08. The third-order valence-electron chi connectivity index (χ3n) is 3.86. The molecule has 0 radical (unpaired) electrons. The van der Waals surface area contributed by atoms with Crippen molar-refractivity contribution < 1.29 is 4.79 Å². The zero-order chi connectivity index (χ0) is 16.9. The van der Waals surface area contributed by atoms with Gasteiger partial charge in [-0.1, -0.05) is 48.5 Å². The molecule has 0 saturated heterocycles. The fraction of sp³-hybridized carbons (Fsp3) is 0.0500. The summed E-state index contributed by atoms with van der Waals surface area (Å²) in [7, 11) is 0. The summed E-state index contributed by atoms with van der Waals surface area (Å²) >= 11 is 0. The van der Waals surface area contributed by atoms with Gasteiger partial charge < -0.3 is 16.8 Å². The average Bonchev–Trinajstić information content (AvgIpc) is 2.63. The van der Waals surface area contributed by atoms with Crippen LogP contribution < -0.4 is 16.8 Å². The molecule has 0 spiro atoms. The normalized spacial score (nSPS) is 10.3. The molecule has 120 valence electrons. The maximum absolute atomic E-state index is 12.2. The third kappa shape index (κ3) is 3.55. The SMILES string of the molecule is Nc1ccc(-c2ccc(C(=O)NCc3ccccc3)cc2)cc1N. The molecule has 0 atom stereocenters. The third-order valence-corrected chi connectivity index (χ3v) is 3.86. The maximum atomic E-state index is 12.2. The molecule has 0 aliphatic heterocycles. The maximum Gasteiger partial charge on any atom is 0.251 e. The lowest BCUT2D eigenvalue weighted by atomic mass is 10.0. The van der Waals surface area contributed by atoms with Crippen molar-refractivity contribution in [2.75, 3.05) is 11.5 Å². The van der Waals surface area contributed by atoms with Gasteiger partial charge in [0.1, 0.15) is 0 Å². The van der Waals surface area contributed by atoms with Crippen molar-refractivity contribution >= 4 is 17.3 Å². The van der Waals surface area contributed by atoms with E-state index in [1.807, 2.05) is 66.7 Å². The molecule has 0 heterocycles. The smallest absolute Gasteiger partial charge is 0.251 e. The Labute approximate surface area is 141 Å². The first-order valence-corrected chi connectivity index (χ1v) is 7.71. The van der Waals surface area contributed by atoms with Gasteiger partial charge in [-0.2, -0.15) is 0 Å².